The van der Waals surface area contributed by atoms with Crippen molar-refractivity contribution in [3.05, 3.63) is 24.0 Å². The lowest BCUT2D eigenvalue weighted by Crippen LogP contribution is -2.33. The van der Waals surface area contributed by atoms with Crippen molar-refractivity contribution >= 4 is 0 Å². The van der Waals surface area contributed by atoms with Crippen molar-refractivity contribution in [2.24, 2.45) is 5.73 Å². The Morgan fingerprint density at radius 3 is 2.68 bits per heavy atom. The van der Waals surface area contributed by atoms with Gasteiger partial charge in [-0.15, -0.1) is 0 Å². The molecule has 19 heavy (non-hydrogen) atoms. The second-order valence-corrected chi connectivity index (χ2v) is 3.77. The van der Waals surface area contributed by atoms with Gasteiger partial charge in [-0.2, -0.15) is 8.78 Å². The van der Waals surface area contributed by atoms with Gasteiger partial charge in [-0.05, 0) is 12.1 Å². The Hall–Kier alpha value is -1.41. The number of alkyl halides is 4. The average Bonchev–Trinajstić information content (AvgIpc) is 2.38. The van der Waals surface area contributed by atoms with Crippen LogP contribution in [0.2, 0.25) is 0 Å². The minimum absolute atomic E-state index is 0.311. The van der Waals surface area contributed by atoms with Crippen LogP contribution in [0.25, 0.3) is 0 Å². The van der Waals surface area contributed by atoms with Crippen LogP contribution in [0.15, 0.2) is 18.3 Å². The molecule has 0 aromatic carbocycles. The van der Waals surface area contributed by atoms with Gasteiger partial charge in [-0.25, -0.2) is 8.78 Å². The monoisotopic (exact) mass is 282 g/mol. The number of methoxy groups -OCH3 is 1. The van der Waals surface area contributed by atoms with Gasteiger partial charge >= 0.3 is 12.3 Å². The highest BCUT2D eigenvalue weighted by Crippen LogP contribution is 2.24. The van der Waals surface area contributed by atoms with E-state index in [0.29, 0.717) is 11.4 Å². The molecule has 0 radical (unpaired) electrons. The number of aromatic nitrogens is 1. The van der Waals surface area contributed by atoms with Crippen LogP contribution < -0.4 is 10.5 Å². The fraction of sp³-hybridized carbons (Fsp3) is 0.545. The normalized spacial score (nSPS) is 13.6. The highest BCUT2D eigenvalue weighted by Gasteiger charge is 2.41. The SMILES string of the molecule is COc1cccnc1C(N)COCC(F)(F)C(F)F. The molecule has 1 aromatic heterocycles. The molecule has 2 N–H and O–H groups in total. The highest BCUT2D eigenvalue weighted by molar-refractivity contribution is 5.29. The Balaban J connectivity index is 2.54. The van der Waals surface area contributed by atoms with Gasteiger partial charge in [0.15, 0.2) is 0 Å². The lowest BCUT2D eigenvalue weighted by molar-refractivity contribution is -0.166. The largest absolute Gasteiger partial charge is 0.495 e. The van der Waals surface area contributed by atoms with E-state index in [1.54, 1.807) is 12.1 Å². The number of pyridine rings is 1. The molecule has 0 spiro atoms. The van der Waals surface area contributed by atoms with E-state index in [9.17, 15) is 17.6 Å². The van der Waals surface area contributed by atoms with Crippen molar-refractivity contribution in [1.29, 1.82) is 0 Å². The molecule has 4 nitrogen and oxygen atoms in total. The van der Waals surface area contributed by atoms with E-state index < -0.39 is 25.0 Å². The lowest BCUT2D eigenvalue weighted by Gasteiger charge is -2.18. The molecule has 1 unspecified atom stereocenters. The van der Waals surface area contributed by atoms with E-state index >= 15 is 0 Å². The molecule has 0 aliphatic rings. The third-order valence-electron chi connectivity index (χ3n) is 2.28. The number of halogens is 4. The van der Waals surface area contributed by atoms with Crippen molar-refractivity contribution in [3.63, 3.8) is 0 Å². The lowest BCUT2D eigenvalue weighted by atomic mass is 10.2. The summed E-state index contributed by atoms with van der Waals surface area (Å²) in [4.78, 5) is 3.93. The molecule has 0 bridgehead atoms. The zero-order chi connectivity index (χ0) is 14.5. The standard InChI is InChI=1S/C11H14F4N2O2/c1-18-8-3-2-4-17-9(8)7(16)5-19-6-11(14,15)10(12)13/h2-4,7,10H,5-6,16H2,1H3. The molecule has 0 fully saturated rings. The molecule has 0 aliphatic carbocycles. The second kappa shape index (κ2) is 6.67. The summed E-state index contributed by atoms with van der Waals surface area (Å²) in [6.07, 6.45) is -2.32. The zero-order valence-corrected chi connectivity index (χ0v) is 10.2. The number of ether oxygens (including phenoxy) is 2. The molecular formula is C11H14F4N2O2. The topological polar surface area (TPSA) is 57.4 Å². The minimum atomic E-state index is -4.19. The molecule has 8 heteroatoms. The highest BCUT2D eigenvalue weighted by atomic mass is 19.3. The van der Waals surface area contributed by atoms with Crippen molar-refractivity contribution < 1.29 is 27.0 Å². The minimum Gasteiger partial charge on any atom is -0.495 e. The summed E-state index contributed by atoms with van der Waals surface area (Å²) < 4.78 is 58.5. The average molecular weight is 282 g/mol. The maximum Gasteiger partial charge on any atom is 0.330 e. The summed E-state index contributed by atoms with van der Waals surface area (Å²) in [6, 6.07) is 2.36. The number of hydrogen-bond acceptors (Lipinski definition) is 4. The predicted octanol–water partition coefficient (Wildman–Crippen LogP) is 2.01. The summed E-state index contributed by atoms with van der Waals surface area (Å²) in [5.74, 6) is -3.81. The third-order valence-corrected chi connectivity index (χ3v) is 2.28. The number of nitrogens with two attached hydrogens (primary N) is 1. The smallest absolute Gasteiger partial charge is 0.330 e. The van der Waals surface area contributed by atoms with E-state index in [2.05, 4.69) is 9.72 Å². The number of rotatable bonds is 7. The van der Waals surface area contributed by atoms with Crippen molar-refractivity contribution in [2.45, 2.75) is 18.4 Å². The first-order chi connectivity index (χ1) is 8.88. The molecule has 1 aromatic rings. The summed E-state index contributed by atoms with van der Waals surface area (Å²) in [5, 5.41) is 0. The van der Waals surface area contributed by atoms with Crippen LogP contribution in [-0.2, 0) is 4.74 Å². The number of nitrogens with zero attached hydrogens (tertiary/aromatic N) is 1. The van der Waals surface area contributed by atoms with Gasteiger partial charge in [0.1, 0.15) is 18.1 Å². The summed E-state index contributed by atoms with van der Waals surface area (Å²) in [7, 11) is 1.40. The zero-order valence-electron chi connectivity index (χ0n) is 10.2. The molecule has 1 atom stereocenters. The Bertz CT molecular complexity index is 404. The van der Waals surface area contributed by atoms with Crippen LogP contribution in [0.4, 0.5) is 17.6 Å². The molecule has 1 rings (SSSR count). The molecule has 1 heterocycles. The Kier molecular flexibility index (Phi) is 5.49. The van der Waals surface area contributed by atoms with Crippen LogP contribution in [-0.4, -0.2) is 37.7 Å². The Labute approximate surface area is 107 Å². The first-order valence-electron chi connectivity index (χ1n) is 5.36. The van der Waals surface area contributed by atoms with E-state index in [-0.39, 0.29) is 6.61 Å². The van der Waals surface area contributed by atoms with Gasteiger partial charge in [-0.1, -0.05) is 0 Å². The van der Waals surface area contributed by atoms with Gasteiger partial charge in [0.2, 0.25) is 0 Å². The molecular weight excluding hydrogens is 268 g/mol. The van der Waals surface area contributed by atoms with Crippen LogP contribution in [0, 0.1) is 0 Å². The molecule has 0 amide bonds. The first kappa shape index (κ1) is 15.6. The van der Waals surface area contributed by atoms with Crippen molar-refractivity contribution in [1.82, 2.24) is 4.98 Å². The fourth-order valence-corrected chi connectivity index (χ4v) is 1.32. The van der Waals surface area contributed by atoms with Crippen LogP contribution in [0.3, 0.4) is 0 Å². The van der Waals surface area contributed by atoms with E-state index in [4.69, 9.17) is 10.5 Å². The van der Waals surface area contributed by atoms with Crippen LogP contribution in [0.1, 0.15) is 11.7 Å². The Morgan fingerprint density at radius 2 is 2.11 bits per heavy atom. The van der Waals surface area contributed by atoms with Gasteiger partial charge in [0, 0.05) is 6.20 Å². The molecule has 0 saturated carbocycles. The summed E-state index contributed by atoms with van der Waals surface area (Å²) in [6.45, 7) is -1.76. The Morgan fingerprint density at radius 1 is 1.42 bits per heavy atom. The first-order valence-corrected chi connectivity index (χ1v) is 5.36. The quantitative estimate of drug-likeness (QED) is 0.777. The maximum absolute atomic E-state index is 12.6. The summed E-state index contributed by atoms with van der Waals surface area (Å²) >= 11 is 0. The van der Waals surface area contributed by atoms with Crippen molar-refractivity contribution in [2.75, 3.05) is 20.3 Å². The molecule has 0 saturated heterocycles. The van der Waals surface area contributed by atoms with Gasteiger partial charge in [0.25, 0.3) is 0 Å². The number of hydrogen-bond donors (Lipinski definition) is 1. The van der Waals surface area contributed by atoms with Crippen LogP contribution in [0.5, 0.6) is 5.75 Å². The molecule has 0 aliphatic heterocycles. The van der Waals surface area contributed by atoms with E-state index in [1.165, 1.54) is 13.3 Å². The predicted molar refractivity (Wildman–Crippen MR) is 59.5 cm³/mol. The van der Waals surface area contributed by atoms with E-state index in [1.807, 2.05) is 0 Å². The van der Waals surface area contributed by atoms with E-state index in [0.717, 1.165) is 0 Å². The van der Waals surface area contributed by atoms with Crippen molar-refractivity contribution in [3.8, 4) is 5.75 Å². The third kappa shape index (κ3) is 4.32. The van der Waals surface area contributed by atoms with Gasteiger partial charge in [0.05, 0.1) is 19.8 Å². The fourth-order valence-electron chi connectivity index (χ4n) is 1.32. The molecule has 108 valence electrons. The van der Waals surface area contributed by atoms with Gasteiger partial charge < -0.3 is 15.2 Å². The maximum atomic E-state index is 12.6. The second-order valence-electron chi connectivity index (χ2n) is 3.77. The van der Waals surface area contributed by atoms with Crippen LogP contribution >= 0.6 is 0 Å². The van der Waals surface area contributed by atoms with Gasteiger partial charge in [-0.3, -0.25) is 4.98 Å². The summed E-state index contributed by atoms with van der Waals surface area (Å²) in [5.41, 5.74) is 5.99.